The molecule has 0 rings (SSSR count). The third-order valence-corrected chi connectivity index (χ3v) is 1.83. The van der Waals surface area contributed by atoms with Crippen molar-refractivity contribution in [2.45, 2.75) is 0 Å². The summed E-state index contributed by atoms with van der Waals surface area (Å²) >= 11 is 0. The van der Waals surface area contributed by atoms with Crippen molar-refractivity contribution in [2.75, 3.05) is 34.8 Å². The van der Waals surface area contributed by atoms with Crippen molar-refractivity contribution in [3.8, 4) is 0 Å². The molecule has 108 valence electrons. The summed E-state index contributed by atoms with van der Waals surface area (Å²) in [6, 6.07) is 0. The fraction of sp³-hybridized carbons (Fsp3) is 0.625. The van der Waals surface area contributed by atoms with Gasteiger partial charge >= 0.3 is 0 Å². The Morgan fingerprint density at radius 2 is 1.68 bits per heavy atom. The predicted molar refractivity (Wildman–Crippen MR) is 65.6 cm³/mol. The zero-order valence-electron chi connectivity index (χ0n) is 11.6. The van der Waals surface area contributed by atoms with Crippen LogP contribution in [0, 0.1) is 10.9 Å². The quantitative estimate of drug-likeness (QED) is 0.261. The van der Waals surface area contributed by atoms with Crippen LogP contribution < -0.4 is 0 Å². The largest absolute Gasteiger partial charge is 0.310 e. The van der Waals surface area contributed by atoms with Crippen molar-refractivity contribution in [1.29, 1.82) is 10.9 Å². The van der Waals surface area contributed by atoms with E-state index in [0.29, 0.717) is 0 Å². The summed E-state index contributed by atoms with van der Waals surface area (Å²) in [5.41, 5.74) is 7.02. The monoisotopic (exact) mass is 277 g/mol. The van der Waals surface area contributed by atoms with Gasteiger partial charge < -0.3 is 5.41 Å². The zero-order chi connectivity index (χ0) is 15.2. The average molecular weight is 277 g/mol. The summed E-state index contributed by atoms with van der Waals surface area (Å²) in [6.07, 6.45) is 1.01. The molecule has 0 aromatic heterocycles. The average Bonchev–Trinajstić information content (AvgIpc) is 2.35. The van der Waals surface area contributed by atoms with E-state index in [2.05, 4.69) is 28.9 Å². The lowest BCUT2D eigenvalue weighted by Gasteiger charge is -2.27. The molecule has 2 N–H and O–H groups in total. The topological polar surface area (TPSA) is 112 Å². The van der Waals surface area contributed by atoms with E-state index in [1.807, 2.05) is 0 Å². The normalized spacial score (nSPS) is 17.9. The Hall–Kier alpha value is -1.63. The molecule has 0 amide bonds. The summed E-state index contributed by atoms with van der Waals surface area (Å²) in [5, 5.41) is 17.3. The zero-order valence-corrected chi connectivity index (χ0v) is 11.6. The minimum absolute atomic E-state index is 0.0945. The summed E-state index contributed by atoms with van der Waals surface area (Å²) in [6.45, 7) is 6.53. The molecule has 0 aliphatic rings. The molecule has 11 heteroatoms. The lowest BCUT2D eigenvalue weighted by atomic mass is 10.8. The molecule has 0 aliphatic heterocycles. The van der Waals surface area contributed by atoms with Crippen LogP contribution in [0.1, 0.15) is 0 Å². The number of hydrogen-bond donors (Lipinski definition) is 2. The Balaban J connectivity index is 5.16. The van der Waals surface area contributed by atoms with Crippen LogP contribution in [0.25, 0.3) is 0 Å². The molecule has 0 aromatic rings. The van der Waals surface area contributed by atoms with E-state index in [1.165, 1.54) is 14.1 Å². The maximum Gasteiger partial charge on any atom is 0.207 e. The number of quaternary nitrogens is 3. The van der Waals surface area contributed by atoms with Gasteiger partial charge in [0.2, 0.25) is 4.97 Å². The highest BCUT2D eigenvalue weighted by atomic mass is 17.3. The number of hydrogen-bond acceptors (Lipinski definition) is 8. The van der Waals surface area contributed by atoms with Crippen molar-refractivity contribution in [3.63, 3.8) is 0 Å². The van der Waals surface area contributed by atoms with Gasteiger partial charge in [0.1, 0.15) is 30.5 Å². The lowest BCUT2D eigenvalue weighted by molar-refractivity contribution is -1.55. The smallest absolute Gasteiger partial charge is 0.207 e. The molecule has 0 radical (unpaired) electrons. The van der Waals surface area contributed by atoms with Crippen LogP contribution in [-0.4, -0.2) is 69.0 Å². The van der Waals surface area contributed by atoms with Crippen molar-refractivity contribution in [1.82, 2.24) is 0 Å². The van der Waals surface area contributed by atoms with Gasteiger partial charge in [-0.3, -0.25) is 0 Å². The minimum atomic E-state index is -0.931. The van der Waals surface area contributed by atoms with E-state index in [4.69, 9.17) is 25.7 Å². The molecule has 0 bridgehead atoms. The second kappa shape index (κ2) is 6.51. The highest BCUT2D eigenvalue weighted by molar-refractivity contribution is 5.53. The van der Waals surface area contributed by atoms with Crippen LogP contribution in [0.2, 0.25) is 0 Å². The molecule has 11 nitrogen and oxygen atoms in total. The highest BCUT2D eigenvalue weighted by Gasteiger charge is 2.49. The van der Waals surface area contributed by atoms with Gasteiger partial charge in [-0.1, -0.05) is 5.10 Å². The maximum absolute atomic E-state index is 7.02. The lowest BCUT2D eigenvalue weighted by Crippen LogP contribution is -2.58. The summed E-state index contributed by atoms with van der Waals surface area (Å²) in [4.78, 5) is 14.1. The third kappa shape index (κ3) is 5.69. The van der Waals surface area contributed by atoms with Crippen molar-refractivity contribution < 1.29 is 29.3 Å². The maximum atomic E-state index is 7.02. The Morgan fingerprint density at radius 3 is 2.05 bits per heavy atom. The van der Waals surface area contributed by atoms with E-state index < -0.39 is 9.84 Å². The number of nitrogens with one attached hydrogen (secondary N) is 2. The van der Waals surface area contributed by atoms with Gasteiger partial charge in [0.05, 0.1) is 23.6 Å². The summed E-state index contributed by atoms with van der Waals surface area (Å²) in [5.74, 6) is 0. The highest BCUT2D eigenvalue weighted by Crippen LogP contribution is 2.20. The summed E-state index contributed by atoms with van der Waals surface area (Å²) < 4.78 is -0.357. The van der Waals surface area contributed by atoms with Gasteiger partial charge in [-0.2, -0.15) is 0 Å². The summed E-state index contributed by atoms with van der Waals surface area (Å²) in [7, 11) is 5.87. The van der Waals surface area contributed by atoms with Crippen molar-refractivity contribution in [3.05, 3.63) is 0 Å². The molecule has 19 heavy (non-hydrogen) atoms. The van der Waals surface area contributed by atoms with Crippen LogP contribution in [0.3, 0.4) is 0 Å². The fourth-order valence-corrected chi connectivity index (χ4v) is 0.980. The molecule has 0 aliphatic carbocycles. The van der Waals surface area contributed by atoms with Gasteiger partial charge in [0, 0.05) is 6.21 Å². The van der Waals surface area contributed by atoms with Crippen LogP contribution in [-0.2, 0) is 14.7 Å². The van der Waals surface area contributed by atoms with E-state index in [9.17, 15) is 0 Å². The van der Waals surface area contributed by atoms with E-state index in [-0.39, 0.29) is 11.4 Å². The number of nitrogens with zero attached hydrogens (tertiary/aromatic N) is 6. The molecule has 0 aromatic carbocycles. The first-order valence-electron chi connectivity index (χ1n) is 5.14. The Kier molecular flexibility index (Phi) is 5.95. The fourth-order valence-electron chi connectivity index (χ4n) is 0.980. The molecule has 0 spiro atoms. The SMILES string of the molecule is C=N[N+](C)(C)O[N+](C)(OCC=N)O[N+](C)(N=C)N=N. The minimum Gasteiger partial charge on any atom is -0.310 e. The van der Waals surface area contributed by atoms with E-state index in [1.54, 1.807) is 14.1 Å². The van der Waals surface area contributed by atoms with Gasteiger partial charge in [0.15, 0.2) is 14.1 Å². The van der Waals surface area contributed by atoms with Crippen LogP contribution in [0.15, 0.2) is 15.4 Å². The van der Waals surface area contributed by atoms with Crippen LogP contribution in [0.4, 0.5) is 0 Å². The van der Waals surface area contributed by atoms with Crippen LogP contribution >= 0.6 is 0 Å². The second-order valence-corrected chi connectivity index (χ2v) is 3.95. The third-order valence-electron chi connectivity index (χ3n) is 1.83. The molecule has 0 fully saturated rings. The Bertz CT molecular complexity index is 352. The van der Waals surface area contributed by atoms with E-state index >= 15 is 0 Å². The first-order valence-corrected chi connectivity index (χ1v) is 5.14. The molecule has 2 atom stereocenters. The number of rotatable bonds is 10. The van der Waals surface area contributed by atoms with Crippen LogP contribution in [0.5, 0.6) is 0 Å². The van der Waals surface area contributed by atoms with Crippen molar-refractivity contribution in [2.24, 2.45) is 15.4 Å². The van der Waals surface area contributed by atoms with Gasteiger partial charge in [0.25, 0.3) is 0 Å². The molecule has 0 saturated heterocycles. The molecular weight excluding hydrogens is 256 g/mol. The first-order chi connectivity index (χ1) is 8.66. The van der Waals surface area contributed by atoms with Gasteiger partial charge in [-0.15, -0.1) is 10.4 Å². The van der Waals surface area contributed by atoms with Gasteiger partial charge in [-0.05, 0) is 9.86 Å². The Labute approximate surface area is 111 Å². The molecule has 0 saturated carbocycles. The Morgan fingerprint density at radius 1 is 1.11 bits per heavy atom. The predicted octanol–water partition coefficient (Wildman–Crippen LogP) is 0.408. The molecule has 2 unspecified atom stereocenters. The molecule has 0 heterocycles. The number of hydroxylamine groups is 6. The first kappa shape index (κ1) is 17.4. The standard InChI is InChI=1S/C8H21N8O3/c1-11-14(3,4)18-16(6,17-8-7-9)19-15(5,12-2)13-10/h7,9-10H,1-2,8H2,3-6H3/q+3. The molecular formula is C8H21N8O3+3. The van der Waals surface area contributed by atoms with Gasteiger partial charge in [-0.25, -0.2) is 0 Å². The second-order valence-electron chi connectivity index (χ2n) is 3.95. The van der Waals surface area contributed by atoms with E-state index in [0.717, 1.165) is 6.21 Å². The van der Waals surface area contributed by atoms with Crippen molar-refractivity contribution >= 4 is 19.6 Å².